The zero-order valence-corrected chi connectivity index (χ0v) is 13.0. The van der Waals surface area contributed by atoms with Crippen LogP contribution >= 0.6 is 0 Å². The Balaban J connectivity index is 2.05. The number of carbonyl (C=O) groups excluding carboxylic acids is 1. The maximum Gasteiger partial charge on any atom is 0.336 e. The van der Waals surface area contributed by atoms with Gasteiger partial charge in [-0.1, -0.05) is 48.5 Å². The minimum atomic E-state index is -1.19. The molecule has 4 heteroatoms. The van der Waals surface area contributed by atoms with Crippen LogP contribution in [0, 0.1) is 0 Å². The standard InChI is InChI=1S/C19H19NO3/c1-2-23-19(22)18(21)13-20-16-11-7-6-10-15(16)12-17(20)14-8-4-3-5-9-14/h3-12,18,21H,2,13H2,1H3. The molecule has 3 aromatic rings. The van der Waals surface area contributed by atoms with Gasteiger partial charge in [-0.05, 0) is 24.6 Å². The van der Waals surface area contributed by atoms with E-state index in [1.54, 1.807) is 6.92 Å². The van der Waals surface area contributed by atoms with Gasteiger partial charge in [0.25, 0.3) is 0 Å². The predicted octanol–water partition coefficient (Wildman–Crippen LogP) is 3.23. The Morgan fingerprint density at radius 1 is 1.13 bits per heavy atom. The molecule has 1 unspecified atom stereocenters. The molecule has 3 rings (SSSR count). The van der Waals surface area contributed by atoms with Gasteiger partial charge in [-0.3, -0.25) is 0 Å². The largest absolute Gasteiger partial charge is 0.464 e. The van der Waals surface area contributed by atoms with Crippen molar-refractivity contribution in [2.45, 2.75) is 19.6 Å². The molecule has 23 heavy (non-hydrogen) atoms. The fraction of sp³-hybridized carbons (Fsp3) is 0.211. The summed E-state index contributed by atoms with van der Waals surface area (Å²) in [5.74, 6) is -0.593. The third-order valence-electron chi connectivity index (χ3n) is 3.79. The van der Waals surface area contributed by atoms with Gasteiger partial charge in [-0.25, -0.2) is 4.79 Å². The summed E-state index contributed by atoms with van der Waals surface area (Å²) in [4.78, 5) is 11.8. The molecular weight excluding hydrogens is 290 g/mol. The highest BCUT2D eigenvalue weighted by molar-refractivity contribution is 5.87. The lowest BCUT2D eigenvalue weighted by Gasteiger charge is -2.15. The summed E-state index contributed by atoms with van der Waals surface area (Å²) >= 11 is 0. The average Bonchev–Trinajstić information content (AvgIpc) is 2.94. The summed E-state index contributed by atoms with van der Waals surface area (Å²) in [6, 6.07) is 19.9. The monoisotopic (exact) mass is 309 g/mol. The SMILES string of the molecule is CCOC(=O)C(O)Cn1c(-c2ccccc2)cc2ccccc21. The van der Waals surface area contributed by atoms with Crippen molar-refractivity contribution in [3.05, 3.63) is 60.7 Å². The van der Waals surface area contributed by atoms with E-state index >= 15 is 0 Å². The van der Waals surface area contributed by atoms with Crippen LogP contribution in [0.3, 0.4) is 0 Å². The van der Waals surface area contributed by atoms with E-state index in [2.05, 4.69) is 6.07 Å². The Morgan fingerprint density at radius 3 is 2.57 bits per heavy atom. The quantitative estimate of drug-likeness (QED) is 0.736. The van der Waals surface area contributed by atoms with Gasteiger partial charge in [0.05, 0.1) is 13.2 Å². The molecule has 0 aliphatic rings. The van der Waals surface area contributed by atoms with Crippen LogP contribution in [0.1, 0.15) is 6.92 Å². The molecule has 1 aromatic heterocycles. The number of aromatic nitrogens is 1. The Bertz CT molecular complexity index is 808. The van der Waals surface area contributed by atoms with E-state index in [1.807, 2.05) is 59.2 Å². The Morgan fingerprint density at radius 2 is 1.83 bits per heavy atom. The Hall–Kier alpha value is -2.59. The number of hydrogen-bond donors (Lipinski definition) is 1. The summed E-state index contributed by atoms with van der Waals surface area (Å²) in [6.07, 6.45) is -1.19. The number of aliphatic hydroxyl groups is 1. The summed E-state index contributed by atoms with van der Waals surface area (Å²) in [7, 11) is 0. The first-order valence-corrected chi connectivity index (χ1v) is 7.69. The second-order valence-electron chi connectivity index (χ2n) is 5.33. The number of fused-ring (bicyclic) bond motifs is 1. The zero-order chi connectivity index (χ0) is 16.2. The van der Waals surface area contributed by atoms with E-state index in [1.165, 1.54) is 0 Å². The molecule has 0 radical (unpaired) electrons. The van der Waals surface area contributed by atoms with Gasteiger partial charge in [0.2, 0.25) is 0 Å². The molecule has 0 saturated carbocycles. The number of ether oxygens (including phenoxy) is 1. The first-order chi connectivity index (χ1) is 11.2. The number of rotatable bonds is 5. The van der Waals surface area contributed by atoms with Crippen molar-refractivity contribution >= 4 is 16.9 Å². The highest BCUT2D eigenvalue weighted by atomic mass is 16.5. The van der Waals surface area contributed by atoms with E-state index in [0.717, 1.165) is 22.2 Å². The maximum atomic E-state index is 11.8. The van der Waals surface area contributed by atoms with Crippen molar-refractivity contribution in [3.63, 3.8) is 0 Å². The smallest absolute Gasteiger partial charge is 0.336 e. The number of aliphatic hydroxyl groups excluding tert-OH is 1. The molecule has 1 N–H and O–H groups in total. The van der Waals surface area contributed by atoms with Crippen LogP contribution in [-0.2, 0) is 16.1 Å². The first-order valence-electron chi connectivity index (χ1n) is 7.69. The lowest BCUT2D eigenvalue weighted by atomic mass is 10.1. The van der Waals surface area contributed by atoms with Gasteiger partial charge in [-0.2, -0.15) is 0 Å². The first kappa shape index (κ1) is 15.3. The third kappa shape index (κ3) is 3.12. The molecule has 1 heterocycles. The van der Waals surface area contributed by atoms with Crippen molar-refractivity contribution in [1.29, 1.82) is 0 Å². The molecule has 0 spiro atoms. The second kappa shape index (κ2) is 6.67. The molecule has 0 amide bonds. The molecule has 0 aliphatic carbocycles. The fourth-order valence-electron chi connectivity index (χ4n) is 2.74. The molecule has 4 nitrogen and oxygen atoms in total. The molecule has 0 bridgehead atoms. The van der Waals surface area contributed by atoms with Crippen LogP contribution in [0.25, 0.3) is 22.2 Å². The number of carbonyl (C=O) groups is 1. The molecule has 0 fully saturated rings. The van der Waals surface area contributed by atoms with E-state index in [4.69, 9.17) is 4.74 Å². The van der Waals surface area contributed by atoms with Crippen LogP contribution in [0.2, 0.25) is 0 Å². The molecular formula is C19H19NO3. The molecule has 1 atom stereocenters. The Kier molecular flexibility index (Phi) is 4.44. The third-order valence-corrected chi connectivity index (χ3v) is 3.79. The predicted molar refractivity (Wildman–Crippen MR) is 90.0 cm³/mol. The maximum absolute atomic E-state index is 11.8. The van der Waals surface area contributed by atoms with Crippen molar-refractivity contribution in [2.24, 2.45) is 0 Å². The van der Waals surface area contributed by atoms with Gasteiger partial charge in [0.15, 0.2) is 6.10 Å². The second-order valence-corrected chi connectivity index (χ2v) is 5.33. The van der Waals surface area contributed by atoms with Gasteiger partial charge in [0, 0.05) is 16.6 Å². The number of nitrogens with zero attached hydrogens (tertiary/aromatic N) is 1. The lowest BCUT2D eigenvalue weighted by molar-refractivity contribution is -0.153. The topological polar surface area (TPSA) is 51.5 Å². The van der Waals surface area contributed by atoms with E-state index < -0.39 is 12.1 Å². The van der Waals surface area contributed by atoms with Gasteiger partial charge >= 0.3 is 5.97 Å². The number of para-hydroxylation sites is 1. The Labute approximate surface area is 134 Å². The number of benzene rings is 2. The van der Waals surface area contributed by atoms with Crippen LogP contribution in [0.5, 0.6) is 0 Å². The van der Waals surface area contributed by atoms with Crippen molar-refractivity contribution in [2.75, 3.05) is 6.61 Å². The van der Waals surface area contributed by atoms with Crippen LogP contribution < -0.4 is 0 Å². The lowest BCUT2D eigenvalue weighted by Crippen LogP contribution is -2.28. The summed E-state index contributed by atoms with van der Waals surface area (Å²) in [5, 5.41) is 11.2. The van der Waals surface area contributed by atoms with E-state index in [-0.39, 0.29) is 13.2 Å². The normalized spacial score (nSPS) is 12.3. The highest BCUT2D eigenvalue weighted by Gasteiger charge is 2.20. The average molecular weight is 309 g/mol. The molecule has 118 valence electrons. The van der Waals surface area contributed by atoms with Gasteiger partial charge < -0.3 is 14.4 Å². The summed E-state index contributed by atoms with van der Waals surface area (Å²) in [5.41, 5.74) is 2.99. The van der Waals surface area contributed by atoms with Crippen LogP contribution in [0.15, 0.2) is 60.7 Å². The summed E-state index contributed by atoms with van der Waals surface area (Å²) < 4.78 is 6.87. The van der Waals surface area contributed by atoms with Crippen molar-refractivity contribution < 1.29 is 14.6 Å². The fourth-order valence-corrected chi connectivity index (χ4v) is 2.74. The van der Waals surface area contributed by atoms with Crippen LogP contribution in [-0.4, -0.2) is 28.4 Å². The highest BCUT2D eigenvalue weighted by Crippen LogP contribution is 2.28. The molecule has 0 saturated heterocycles. The summed E-state index contributed by atoms with van der Waals surface area (Å²) in [6.45, 7) is 2.15. The van der Waals surface area contributed by atoms with E-state index in [9.17, 15) is 9.90 Å². The number of hydrogen-bond acceptors (Lipinski definition) is 3. The minimum absolute atomic E-state index is 0.163. The van der Waals surface area contributed by atoms with Gasteiger partial charge in [-0.15, -0.1) is 0 Å². The molecule has 0 aliphatic heterocycles. The van der Waals surface area contributed by atoms with Gasteiger partial charge in [0.1, 0.15) is 0 Å². The molecule has 2 aromatic carbocycles. The van der Waals surface area contributed by atoms with Crippen LogP contribution in [0.4, 0.5) is 0 Å². The number of esters is 1. The van der Waals surface area contributed by atoms with E-state index in [0.29, 0.717) is 0 Å². The van der Waals surface area contributed by atoms with Crippen molar-refractivity contribution in [3.8, 4) is 11.3 Å². The zero-order valence-electron chi connectivity index (χ0n) is 13.0. The van der Waals surface area contributed by atoms with Crippen molar-refractivity contribution in [1.82, 2.24) is 4.57 Å². The minimum Gasteiger partial charge on any atom is -0.464 e.